The molecule has 0 fully saturated rings. The first-order valence-corrected chi connectivity index (χ1v) is 9.71. The molecule has 0 bridgehead atoms. The van der Waals surface area contributed by atoms with Crippen molar-refractivity contribution < 1.29 is 4.42 Å². The van der Waals surface area contributed by atoms with Crippen molar-refractivity contribution >= 4 is 11.3 Å². The average molecular weight is 374 g/mol. The Morgan fingerprint density at radius 2 is 1.93 bits per heavy atom. The average Bonchev–Trinajstić information content (AvgIpc) is 3.24. The van der Waals surface area contributed by atoms with E-state index in [1.165, 1.54) is 16.7 Å². The van der Waals surface area contributed by atoms with Crippen molar-refractivity contribution in [2.75, 3.05) is 5.32 Å². The number of hydrogen-bond donors (Lipinski definition) is 1. The van der Waals surface area contributed by atoms with E-state index in [0.29, 0.717) is 5.89 Å². The summed E-state index contributed by atoms with van der Waals surface area (Å²) in [6, 6.07) is 8.58. The summed E-state index contributed by atoms with van der Waals surface area (Å²) in [5, 5.41) is 3.62. The van der Waals surface area contributed by atoms with E-state index < -0.39 is 0 Å². The second-order valence-electron chi connectivity index (χ2n) is 7.33. The molecule has 0 aliphatic heterocycles. The lowest BCUT2D eigenvalue weighted by molar-refractivity contribution is 0.573. The number of aromatic nitrogens is 3. The molecule has 0 amide bonds. The van der Waals surface area contributed by atoms with Crippen LogP contribution in [0.3, 0.4) is 0 Å². The molecule has 28 heavy (non-hydrogen) atoms. The Balaban J connectivity index is 1.79. The normalized spacial score (nSPS) is 11.3. The summed E-state index contributed by atoms with van der Waals surface area (Å²) in [6.45, 7) is 11.2. The molecule has 0 saturated carbocycles. The fourth-order valence-corrected chi connectivity index (χ4v) is 3.64. The van der Waals surface area contributed by atoms with Crippen molar-refractivity contribution in [2.45, 2.75) is 47.6 Å². The number of anilines is 1. The van der Waals surface area contributed by atoms with E-state index in [4.69, 9.17) is 9.40 Å². The van der Waals surface area contributed by atoms with E-state index in [9.17, 15) is 0 Å². The summed E-state index contributed by atoms with van der Waals surface area (Å²) in [4.78, 5) is 9.28. The predicted molar refractivity (Wildman–Crippen MR) is 113 cm³/mol. The van der Waals surface area contributed by atoms with Gasteiger partial charge in [0.15, 0.2) is 5.65 Å². The minimum atomic E-state index is 0.623. The molecule has 1 aromatic carbocycles. The van der Waals surface area contributed by atoms with E-state index in [-0.39, 0.29) is 0 Å². The zero-order chi connectivity index (χ0) is 19.8. The van der Waals surface area contributed by atoms with E-state index >= 15 is 0 Å². The Bertz CT molecular complexity index is 1150. The number of nitrogens with zero attached hydrogens (tertiary/aromatic N) is 3. The van der Waals surface area contributed by atoms with Gasteiger partial charge < -0.3 is 14.1 Å². The van der Waals surface area contributed by atoms with Crippen LogP contribution >= 0.6 is 0 Å². The smallest absolute Gasteiger partial charge is 0.227 e. The summed E-state index contributed by atoms with van der Waals surface area (Å²) < 4.78 is 7.76. The van der Waals surface area contributed by atoms with Gasteiger partial charge in [0.25, 0.3) is 0 Å². The SMILES string of the molecule is CCc1cccc(C)c1CNc1cc(-c2nc(C)co2)cn2c(C)c(C)nc12. The van der Waals surface area contributed by atoms with E-state index in [1.807, 2.05) is 20.0 Å². The van der Waals surface area contributed by atoms with Crippen LogP contribution in [-0.2, 0) is 13.0 Å². The highest BCUT2D eigenvalue weighted by Crippen LogP contribution is 2.28. The van der Waals surface area contributed by atoms with Crippen LogP contribution in [0.4, 0.5) is 5.69 Å². The van der Waals surface area contributed by atoms with Crippen molar-refractivity contribution in [3.8, 4) is 11.5 Å². The van der Waals surface area contributed by atoms with Gasteiger partial charge in [-0.3, -0.25) is 0 Å². The van der Waals surface area contributed by atoms with Crippen LogP contribution in [0.5, 0.6) is 0 Å². The first-order valence-electron chi connectivity index (χ1n) is 9.71. The third-order valence-corrected chi connectivity index (χ3v) is 5.41. The number of imidazole rings is 1. The van der Waals surface area contributed by atoms with Gasteiger partial charge in [0.1, 0.15) is 6.26 Å². The van der Waals surface area contributed by atoms with Crippen LogP contribution in [0.2, 0.25) is 0 Å². The molecule has 4 rings (SSSR count). The third kappa shape index (κ3) is 3.17. The van der Waals surface area contributed by atoms with Crippen LogP contribution < -0.4 is 5.32 Å². The number of nitrogens with one attached hydrogen (secondary N) is 1. The molecule has 0 radical (unpaired) electrons. The van der Waals surface area contributed by atoms with E-state index in [1.54, 1.807) is 6.26 Å². The van der Waals surface area contributed by atoms with Gasteiger partial charge in [0.2, 0.25) is 5.89 Å². The van der Waals surface area contributed by atoms with Crippen LogP contribution in [0, 0.1) is 27.7 Å². The highest BCUT2D eigenvalue weighted by atomic mass is 16.3. The van der Waals surface area contributed by atoms with Gasteiger partial charge in [0, 0.05) is 18.4 Å². The first kappa shape index (κ1) is 18.3. The molecule has 0 aliphatic rings. The lowest BCUT2D eigenvalue weighted by atomic mass is 10.00. The fraction of sp³-hybridized carbons (Fsp3) is 0.304. The quantitative estimate of drug-likeness (QED) is 0.508. The van der Waals surface area contributed by atoms with Crippen LogP contribution in [0.15, 0.2) is 41.1 Å². The Morgan fingerprint density at radius 3 is 2.64 bits per heavy atom. The minimum absolute atomic E-state index is 0.623. The predicted octanol–water partition coefficient (Wildman–Crippen LogP) is 5.40. The number of pyridine rings is 1. The summed E-state index contributed by atoms with van der Waals surface area (Å²) in [6.07, 6.45) is 4.75. The second-order valence-corrected chi connectivity index (χ2v) is 7.33. The summed E-state index contributed by atoms with van der Waals surface area (Å²) in [5.41, 5.74) is 9.88. The van der Waals surface area contributed by atoms with Crippen molar-refractivity contribution in [3.63, 3.8) is 0 Å². The molecule has 0 saturated heterocycles. The maximum atomic E-state index is 5.65. The maximum Gasteiger partial charge on any atom is 0.227 e. The number of benzene rings is 1. The number of hydrogen-bond acceptors (Lipinski definition) is 4. The van der Waals surface area contributed by atoms with Crippen molar-refractivity contribution in [3.05, 3.63) is 70.5 Å². The molecular weight excluding hydrogens is 348 g/mol. The van der Waals surface area contributed by atoms with Gasteiger partial charge in [-0.25, -0.2) is 9.97 Å². The number of oxazole rings is 1. The zero-order valence-corrected chi connectivity index (χ0v) is 17.1. The Kier molecular flexibility index (Phi) is 4.67. The molecule has 4 aromatic rings. The summed E-state index contributed by atoms with van der Waals surface area (Å²) in [5.74, 6) is 0.623. The molecule has 5 nitrogen and oxygen atoms in total. The molecule has 0 aliphatic carbocycles. The van der Waals surface area contributed by atoms with Gasteiger partial charge in [-0.05, 0) is 56.9 Å². The molecule has 3 heterocycles. The highest BCUT2D eigenvalue weighted by molar-refractivity contribution is 5.75. The number of aryl methyl sites for hydroxylation is 5. The van der Waals surface area contributed by atoms with Gasteiger partial charge in [-0.1, -0.05) is 25.1 Å². The largest absolute Gasteiger partial charge is 0.444 e. The van der Waals surface area contributed by atoms with E-state index in [0.717, 1.165) is 46.9 Å². The van der Waals surface area contributed by atoms with Crippen LogP contribution in [0.25, 0.3) is 17.1 Å². The Labute approximate surface area is 165 Å². The molecule has 0 spiro atoms. The summed E-state index contributed by atoms with van der Waals surface area (Å²) in [7, 11) is 0. The Hall–Kier alpha value is -3.08. The van der Waals surface area contributed by atoms with Gasteiger partial charge in [0.05, 0.1) is 22.6 Å². The molecular formula is C23H26N4O. The fourth-order valence-electron chi connectivity index (χ4n) is 3.64. The molecule has 3 aromatic heterocycles. The number of rotatable bonds is 5. The topological polar surface area (TPSA) is 55.4 Å². The molecule has 144 valence electrons. The highest BCUT2D eigenvalue weighted by Gasteiger charge is 2.15. The molecule has 0 atom stereocenters. The molecule has 1 N–H and O–H groups in total. The van der Waals surface area contributed by atoms with Gasteiger partial charge in [-0.2, -0.15) is 0 Å². The van der Waals surface area contributed by atoms with Crippen LogP contribution in [-0.4, -0.2) is 14.4 Å². The molecule has 5 heteroatoms. The van der Waals surface area contributed by atoms with Crippen molar-refractivity contribution in [1.29, 1.82) is 0 Å². The minimum Gasteiger partial charge on any atom is -0.444 e. The number of fused-ring (bicyclic) bond motifs is 1. The van der Waals surface area contributed by atoms with Crippen molar-refractivity contribution in [1.82, 2.24) is 14.4 Å². The third-order valence-electron chi connectivity index (χ3n) is 5.41. The summed E-state index contributed by atoms with van der Waals surface area (Å²) >= 11 is 0. The van der Waals surface area contributed by atoms with Crippen LogP contribution in [0.1, 0.15) is 40.7 Å². The zero-order valence-electron chi connectivity index (χ0n) is 17.1. The first-order chi connectivity index (χ1) is 13.5. The Morgan fingerprint density at radius 1 is 1.11 bits per heavy atom. The van der Waals surface area contributed by atoms with Crippen molar-refractivity contribution in [2.24, 2.45) is 0 Å². The lowest BCUT2D eigenvalue weighted by Crippen LogP contribution is -2.06. The molecule has 0 unspecified atom stereocenters. The second kappa shape index (κ2) is 7.15. The monoisotopic (exact) mass is 374 g/mol. The van der Waals surface area contributed by atoms with Gasteiger partial charge >= 0.3 is 0 Å². The standard InChI is InChI=1S/C23H26N4O/c1-6-18-9-7-8-14(2)20(18)11-24-21-10-19(23-25-15(3)13-28-23)12-27-17(5)16(4)26-22(21)27/h7-10,12-13,24H,6,11H2,1-5H3. The maximum absolute atomic E-state index is 5.65. The lowest BCUT2D eigenvalue weighted by Gasteiger charge is -2.14. The van der Waals surface area contributed by atoms with E-state index in [2.05, 4.69) is 59.7 Å². The van der Waals surface area contributed by atoms with Gasteiger partial charge in [-0.15, -0.1) is 0 Å².